The first-order valence-corrected chi connectivity index (χ1v) is 12.1. The van der Waals surface area contributed by atoms with Crippen molar-refractivity contribution in [1.29, 1.82) is 0 Å². The van der Waals surface area contributed by atoms with Crippen LogP contribution < -0.4 is 0 Å². The molecule has 0 aliphatic heterocycles. The molecule has 0 aromatic heterocycles. The molecule has 0 aliphatic carbocycles. The number of carbonyl (C=O) groups is 1. The quantitative estimate of drug-likeness (QED) is 0.373. The number of benzene rings is 2. The van der Waals surface area contributed by atoms with E-state index in [0.717, 1.165) is 5.56 Å². The predicted molar refractivity (Wildman–Crippen MR) is 124 cm³/mol. The number of ether oxygens (including phenoxy) is 1. The summed E-state index contributed by atoms with van der Waals surface area (Å²) in [7, 11) is -1.78. The van der Waals surface area contributed by atoms with E-state index < -0.39 is 27.0 Å². The fraction of sp³-hybridized carbons (Fsp3) is 0.400. The van der Waals surface area contributed by atoms with Gasteiger partial charge in [0.25, 0.3) is 0 Å². The summed E-state index contributed by atoms with van der Waals surface area (Å²) in [6.07, 6.45) is 0.0154. The topological polar surface area (TPSA) is 63.7 Å². The van der Waals surface area contributed by atoms with Crippen LogP contribution in [0.15, 0.2) is 77.7 Å². The summed E-state index contributed by atoms with van der Waals surface area (Å²) in [6, 6.07) is 18.5. The molecule has 0 aliphatic rings. The number of hydrogen-bond donors (Lipinski definition) is 0. The number of sulfone groups is 1. The highest BCUT2D eigenvalue weighted by atomic mass is 32.2. The Kier molecular flexibility index (Phi) is 9.01. The second-order valence-corrected chi connectivity index (χ2v) is 9.99. The fourth-order valence-corrected chi connectivity index (χ4v) is 5.86. The maximum atomic E-state index is 13.5. The van der Waals surface area contributed by atoms with Crippen LogP contribution in [0.4, 0.5) is 0 Å². The van der Waals surface area contributed by atoms with E-state index in [1.807, 2.05) is 37.4 Å². The third-order valence-corrected chi connectivity index (χ3v) is 7.91. The van der Waals surface area contributed by atoms with Crippen molar-refractivity contribution in [3.05, 3.63) is 78.4 Å². The summed E-state index contributed by atoms with van der Waals surface area (Å²) in [6.45, 7) is 10.4. The summed E-state index contributed by atoms with van der Waals surface area (Å²) < 4.78 is 32.2. The zero-order valence-electron chi connectivity index (χ0n) is 18.8. The maximum Gasteiger partial charge on any atom is 0.306 e. The van der Waals surface area contributed by atoms with Crippen LogP contribution in [0.3, 0.4) is 0 Å². The van der Waals surface area contributed by atoms with Gasteiger partial charge in [-0.1, -0.05) is 62.0 Å². The second-order valence-electron chi connectivity index (χ2n) is 7.93. The Morgan fingerprint density at radius 3 is 2.13 bits per heavy atom. The van der Waals surface area contributed by atoms with E-state index in [0.29, 0.717) is 12.1 Å². The molecule has 31 heavy (non-hydrogen) atoms. The molecule has 0 unspecified atom stereocenters. The molecule has 2 rings (SSSR count). The average Bonchev–Trinajstić information content (AvgIpc) is 2.74. The van der Waals surface area contributed by atoms with Crippen LogP contribution in [0.25, 0.3) is 0 Å². The summed E-state index contributed by atoms with van der Waals surface area (Å²) in [5.74, 6) is -0.876. The highest BCUT2D eigenvalue weighted by Gasteiger charge is 2.36. The molecule has 5 nitrogen and oxygen atoms in total. The summed E-state index contributed by atoms with van der Waals surface area (Å²) >= 11 is 0. The van der Waals surface area contributed by atoms with Gasteiger partial charge in [-0.3, -0.25) is 9.69 Å². The summed E-state index contributed by atoms with van der Waals surface area (Å²) in [4.78, 5) is 14.4. The van der Waals surface area contributed by atoms with Crippen molar-refractivity contribution >= 4 is 15.8 Å². The van der Waals surface area contributed by atoms with Gasteiger partial charge >= 0.3 is 5.97 Å². The molecule has 2 aromatic carbocycles. The van der Waals surface area contributed by atoms with Gasteiger partial charge in [0.1, 0.15) is 0 Å². The van der Waals surface area contributed by atoms with Crippen molar-refractivity contribution < 1.29 is 17.9 Å². The number of rotatable bonds is 11. The predicted octanol–water partition coefficient (Wildman–Crippen LogP) is 4.67. The van der Waals surface area contributed by atoms with Crippen LogP contribution in [0.5, 0.6) is 0 Å². The monoisotopic (exact) mass is 443 g/mol. The molecule has 3 atom stereocenters. The van der Waals surface area contributed by atoms with Gasteiger partial charge in [-0.15, -0.1) is 0 Å². The lowest BCUT2D eigenvalue weighted by molar-refractivity contribution is -0.144. The highest BCUT2D eigenvalue weighted by Crippen LogP contribution is 2.30. The van der Waals surface area contributed by atoms with Gasteiger partial charge < -0.3 is 4.74 Å². The lowest BCUT2D eigenvalue weighted by Crippen LogP contribution is -2.36. The molecule has 0 bridgehead atoms. The lowest BCUT2D eigenvalue weighted by atomic mass is 9.97. The van der Waals surface area contributed by atoms with Gasteiger partial charge in [0.2, 0.25) is 0 Å². The Labute approximate surface area is 186 Å². The molecular formula is C25H33NO4S. The van der Waals surface area contributed by atoms with E-state index in [1.165, 1.54) is 0 Å². The van der Waals surface area contributed by atoms with E-state index in [-0.39, 0.29) is 24.0 Å². The first-order chi connectivity index (χ1) is 14.7. The minimum absolute atomic E-state index is 0.0154. The zero-order valence-corrected chi connectivity index (χ0v) is 19.6. The average molecular weight is 444 g/mol. The van der Waals surface area contributed by atoms with E-state index in [2.05, 4.69) is 18.4 Å². The van der Waals surface area contributed by atoms with Gasteiger partial charge in [0, 0.05) is 19.0 Å². The minimum Gasteiger partial charge on any atom is -0.466 e. The smallest absolute Gasteiger partial charge is 0.306 e. The van der Waals surface area contributed by atoms with E-state index in [4.69, 9.17) is 4.74 Å². The molecule has 6 heteroatoms. The number of carbonyl (C=O) groups excluding carboxylic acids is 1. The largest absolute Gasteiger partial charge is 0.466 e. The summed E-state index contributed by atoms with van der Waals surface area (Å²) in [5.41, 5.74) is 1.70. The molecular weight excluding hydrogens is 410 g/mol. The van der Waals surface area contributed by atoms with Gasteiger partial charge in [-0.2, -0.15) is 0 Å². The van der Waals surface area contributed by atoms with Gasteiger partial charge in [0.05, 0.1) is 16.8 Å². The van der Waals surface area contributed by atoms with Crippen LogP contribution >= 0.6 is 0 Å². The lowest BCUT2D eigenvalue weighted by Gasteiger charge is -2.31. The minimum atomic E-state index is -3.73. The zero-order chi connectivity index (χ0) is 23.0. The Balaban J connectivity index is 2.30. The first kappa shape index (κ1) is 24.8. The third-order valence-electron chi connectivity index (χ3n) is 5.51. The molecule has 0 amide bonds. The standard InChI is InChI=1S/C25H33NO4S/c1-6-30-24(27)17-19(2)25(31(28,29)23-15-11-8-12-16-23)20(3)18-26(5)21(4)22-13-9-7-10-14-22/h7-16,19,21,25H,3,6,17-18H2,1-2,4-5H3/t19-,21+,25+/m1/s1. The Bertz CT molecular complexity index is 958. The molecule has 0 saturated heterocycles. The number of esters is 1. The van der Waals surface area contributed by atoms with Gasteiger partial charge in [-0.25, -0.2) is 8.42 Å². The van der Waals surface area contributed by atoms with E-state index >= 15 is 0 Å². The normalized spacial score (nSPS) is 14.6. The fourth-order valence-electron chi connectivity index (χ4n) is 3.81. The number of hydrogen-bond acceptors (Lipinski definition) is 5. The summed E-state index contributed by atoms with van der Waals surface area (Å²) in [5, 5.41) is -0.898. The molecule has 0 fully saturated rings. The number of likely N-dealkylation sites (N-methyl/N-ethyl adjacent to an activating group) is 1. The third kappa shape index (κ3) is 6.52. The van der Waals surface area contributed by atoms with Crippen LogP contribution in [0.1, 0.15) is 38.8 Å². The van der Waals surface area contributed by atoms with Crippen molar-refractivity contribution in [2.24, 2.45) is 5.92 Å². The molecule has 0 spiro atoms. The van der Waals surface area contributed by atoms with Crippen molar-refractivity contribution in [2.45, 2.75) is 43.4 Å². The van der Waals surface area contributed by atoms with Gasteiger partial charge in [0.15, 0.2) is 9.84 Å². The maximum absolute atomic E-state index is 13.5. The SMILES string of the molecule is C=C(CN(C)[C@@H](C)c1ccccc1)[C@H]([C@H](C)CC(=O)OCC)S(=O)(=O)c1ccccc1. The molecule has 0 radical (unpaired) electrons. The molecule has 168 valence electrons. The van der Waals surface area contributed by atoms with Crippen LogP contribution in [-0.2, 0) is 19.4 Å². The molecule has 0 N–H and O–H groups in total. The Morgan fingerprint density at radius 1 is 1.03 bits per heavy atom. The van der Waals surface area contributed by atoms with Gasteiger partial charge in [-0.05, 0) is 50.1 Å². The van der Waals surface area contributed by atoms with Crippen LogP contribution in [-0.4, -0.2) is 44.7 Å². The first-order valence-electron chi connectivity index (χ1n) is 10.6. The van der Waals surface area contributed by atoms with E-state index in [9.17, 15) is 13.2 Å². The van der Waals surface area contributed by atoms with Crippen molar-refractivity contribution in [3.63, 3.8) is 0 Å². The number of nitrogens with zero attached hydrogens (tertiary/aromatic N) is 1. The second kappa shape index (κ2) is 11.3. The molecule has 2 aromatic rings. The van der Waals surface area contributed by atoms with Crippen LogP contribution in [0.2, 0.25) is 0 Å². The Morgan fingerprint density at radius 2 is 1.58 bits per heavy atom. The Hall–Kier alpha value is -2.44. The highest BCUT2D eigenvalue weighted by molar-refractivity contribution is 7.92. The van der Waals surface area contributed by atoms with Crippen molar-refractivity contribution in [2.75, 3.05) is 20.2 Å². The molecule has 0 saturated carbocycles. The van der Waals surface area contributed by atoms with Crippen molar-refractivity contribution in [3.8, 4) is 0 Å². The van der Waals surface area contributed by atoms with E-state index in [1.54, 1.807) is 44.2 Å². The van der Waals surface area contributed by atoms with Crippen molar-refractivity contribution in [1.82, 2.24) is 4.90 Å². The molecule has 0 heterocycles. The van der Waals surface area contributed by atoms with Crippen LogP contribution in [0, 0.1) is 5.92 Å².